The lowest BCUT2D eigenvalue weighted by atomic mass is 9.91. The Morgan fingerprint density at radius 2 is 1.96 bits per heavy atom. The normalized spacial score (nSPS) is 21.8. The van der Waals surface area contributed by atoms with Crippen LogP contribution in [0.5, 0.6) is 5.75 Å². The highest BCUT2D eigenvalue weighted by molar-refractivity contribution is 5.97. The molecule has 1 spiro atoms. The molecule has 140 valence electrons. The standard InChI is InChI=1S/C22H24N2O3/c1-16-7-9-17(10-8-16)13-20(25)24-12-4-11-22(15-24)14-23-21(26)18-5-2-3-6-19(18)27-22/h2-3,5-10H,4,11-15H2,1H3,(H,23,26)/t22-/m1/s1. The van der Waals surface area contributed by atoms with Gasteiger partial charge in [0.1, 0.15) is 11.4 Å². The maximum absolute atomic E-state index is 12.9. The first kappa shape index (κ1) is 17.6. The van der Waals surface area contributed by atoms with Crippen LogP contribution in [-0.2, 0) is 11.2 Å². The van der Waals surface area contributed by atoms with Crippen molar-refractivity contribution in [3.05, 3.63) is 65.2 Å². The molecule has 0 saturated carbocycles. The molecule has 27 heavy (non-hydrogen) atoms. The van der Waals surface area contributed by atoms with Crippen molar-refractivity contribution in [2.24, 2.45) is 0 Å². The zero-order chi connectivity index (χ0) is 18.9. The zero-order valence-corrected chi connectivity index (χ0v) is 15.5. The van der Waals surface area contributed by atoms with Gasteiger partial charge < -0.3 is 15.0 Å². The number of amides is 2. The third-order valence-corrected chi connectivity index (χ3v) is 5.40. The number of hydrogen-bond acceptors (Lipinski definition) is 3. The lowest BCUT2D eigenvalue weighted by Gasteiger charge is -2.42. The van der Waals surface area contributed by atoms with Gasteiger partial charge in [0, 0.05) is 6.54 Å². The Morgan fingerprint density at radius 1 is 1.19 bits per heavy atom. The zero-order valence-electron chi connectivity index (χ0n) is 15.5. The predicted octanol–water partition coefficient (Wildman–Crippen LogP) is 2.72. The van der Waals surface area contributed by atoms with Crippen molar-refractivity contribution in [3.63, 3.8) is 0 Å². The summed E-state index contributed by atoms with van der Waals surface area (Å²) < 4.78 is 6.32. The number of rotatable bonds is 2. The van der Waals surface area contributed by atoms with Crippen LogP contribution in [0.25, 0.3) is 0 Å². The second-order valence-corrected chi connectivity index (χ2v) is 7.55. The Morgan fingerprint density at radius 3 is 2.78 bits per heavy atom. The van der Waals surface area contributed by atoms with E-state index in [-0.39, 0.29) is 11.8 Å². The van der Waals surface area contributed by atoms with E-state index in [0.29, 0.717) is 30.8 Å². The van der Waals surface area contributed by atoms with Crippen molar-refractivity contribution in [2.45, 2.75) is 31.8 Å². The van der Waals surface area contributed by atoms with Crippen molar-refractivity contribution < 1.29 is 14.3 Å². The van der Waals surface area contributed by atoms with Crippen molar-refractivity contribution >= 4 is 11.8 Å². The summed E-state index contributed by atoms with van der Waals surface area (Å²) in [6.07, 6.45) is 2.06. The van der Waals surface area contributed by atoms with Gasteiger partial charge in [-0.15, -0.1) is 0 Å². The van der Waals surface area contributed by atoms with E-state index in [0.717, 1.165) is 24.9 Å². The first-order valence-electron chi connectivity index (χ1n) is 9.44. The molecule has 2 heterocycles. The maximum Gasteiger partial charge on any atom is 0.255 e. The number of fused-ring (bicyclic) bond motifs is 1. The monoisotopic (exact) mass is 364 g/mol. The van der Waals surface area contributed by atoms with Gasteiger partial charge in [-0.05, 0) is 37.5 Å². The number of piperidine rings is 1. The van der Waals surface area contributed by atoms with Gasteiger partial charge in [0.05, 0.1) is 25.1 Å². The van der Waals surface area contributed by atoms with E-state index in [2.05, 4.69) is 5.32 Å². The van der Waals surface area contributed by atoms with E-state index in [1.54, 1.807) is 6.07 Å². The molecular weight excluding hydrogens is 340 g/mol. The molecule has 2 aromatic rings. The molecule has 1 N–H and O–H groups in total. The molecule has 4 rings (SSSR count). The fourth-order valence-electron chi connectivity index (χ4n) is 3.88. The molecule has 0 unspecified atom stereocenters. The first-order chi connectivity index (χ1) is 13.0. The highest BCUT2D eigenvalue weighted by atomic mass is 16.5. The number of hydrogen-bond donors (Lipinski definition) is 1. The van der Waals surface area contributed by atoms with E-state index in [4.69, 9.17) is 4.74 Å². The summed E-state index contributed by atoms with van der Waals surface area (Å²) in [5, 5.41) is 2.97. The average Bonchev–Trinajstić information content (AvgIpc) is 2.81. The molecule has 0 aromatic heterocycles. The van der Waals surface area contributed by atoms with Crippen LogP contribution in [0, 0.1) is 6.92 Å². The Hall–Kier alpha value is -2.82. The Balaban J connectivity index is 1.51. The van der Waals surface area contributed by atoms with Crippen LogP contribution >= 0.6 is 0 Å². The fourth-order valence-corrected chi connectivity index (χ4v) is 3.88. The lowest BCUT2D eigenvalue weighted by Crippen LogP contribution is -2.58. The number of aryl methyl sites for hydroxylation is 1. The van der Waals surface area contributed by atoms with Gasteiger partial charge >= 0.3 is 0 Å². The average molecular weight is 364 g/mol. The summed E-state index contributed by atoms with van der Waals surface area (Å²) in [4.78, 5) is 27.1. The summed E-state index contributed by atoms with van der Waals surface area (Å²) >= 11 is 0. The SMILES string of the molecule is Cc1ccc(CC(=O)N2CCC[C@@]3(CNC(=O)c4ccccc4O3)C2)cc1. The Bertz CT molecular complexity index is 862. The predicted molar refractivity (Wildman–Crippen MR) is 103 cm³/mol. The van der Waals surface area contributed by atoms with E-state index in [1.807, 2.05) is 54.3 Å². The number of para-hydroxylation sites is 1. The number of carbonyl (C=O) groups is 2. The van der Waals surface area contributed by atoms with E-state index >= 15 is 0 Å². The van der Waals surface area contributed by atoms with Crippen LogP contribution < -0.4 is 10.1 Å². The van der Waals surface area contributed by atoms with Gasteiger partial charge in [0.25, 0.3) is 5.91 Å². The highest BCUT2D eigenvalue weighted by Gasteiger charge is 2.41. The minimum Gasteiger partial charge on any atom is -0.483 e. The Labute approximate surface area is 159 Å². The number of nitrogens with zero attached hydrogens (tertiary/aromatic N) is 1. The molecule has 0 bridgehead atoms. The van der Waals surface area contributed by atoms with Crippen molar-refractivity contribution in [1.29, 1.82) is 0 Å². The minimum absolute atomic E-state index is 0.102. The molecule has 0 radical (unpaired) electrons. The molecule has 1 saturated heterocycles. The van der Waals surface area contributed by atoms with Crippen LogP contribution in [0.15, 0.2) is 48.5 Å². The van der Waals surface area contributed by atoms with Crippen LogP contribution in [0.3, 0.4) is 0 Å². The van der Waals surface area contributed by atoms with Crippen LogP contribution in [-0.4, -0.2) is 41.9 Å². The summed E-state index contributed by atoms with van der Waals surface area (Å²) in [6, 6.07) is 15.4. The van der Waals surface area contributed by atoms with E-state index < -0.39 is 5.60 Å². The molecule has 2 amide bonds. The number of nitrogens with one attached hydrogen (secondary N) is 1. The second-order valence-electron chi connectivity index (χ2n) is 7.55. The summed E-state index contributed by atoms with van der Waals surface area (Å²) in [6.45, 7) is 3.67. The van der Waals surface area contributed by atoms with Crippen LogP contribution in [0.2, 0.25) is 0 Å². The third-order valence-electron chi connectivity index (χ3n) is 5.40. The molecule has 5 nitrogen and oxygen atoms in total. The highest BCUT2D eigenvalue weighted by Crippen LogP contribution is 2.32. The summed E-state index contributed by atoms with van der Waals surface area (Å²) in [5.74, 6) is 0.580. The smallest absolute Gasteiger partial charge is 0.255 e. The number of likely N-dealkylation sites (tertiary alicyclic amines) is 1. The quantitative estimate of drug-likeness (QED) is 0.891. The first-order valence-corrected chi connectivity index (χ1v) is 9.44. The maximum atomic E-state index is 12.9. The summed E-state index contributed by atoms with van der Waals surface area (Å²) in [5.41, 5.74) is 2.19. The van der Waals surface area contributed by atoms with E-state index in [1.165, 1.54) is 5.56 Å². The topological polar surface area (TPSA) is 58.6 Å². The van der Waals surface area contributed by atoms with Crippen molar-refractivity contribution in [2.75, 3.05) is 19.6 Å². The second kappa shape index (κ2) is 7.06. The molecule has 0 aliphatic carbocycles. The van der Waals surface area contributed by atoms with Crippen molar-refractivity contribution in [1.82, 2.24) is 10.2 Å². The minimum atomic E-state index is -0.566. The van der Waals surface area contributed by atoms with Gasteiger partial charge in [-0.2, -0.15) is 0 Å². The van der Waals surface area contributed by atoms with Crippen LogP contribution in [0.1, 0.15) is 34.3 Å². The summed E-state index contributed by atoms with van der Waals surface area (Å²) in [7, 11) is 0. The van der Waals surface area contributed by atoms with Gasteiger partial charge in [0.15, 0.2) is 0 Å². The van der Waals surface area contributed by atoms with Gasteiger partial charge in [0.2, 0.25) is 5.91 Å². The van der Waals surface area contributed by atoms with Gasteiger partial charge in [-0.3, -0.25) is 9.59 Å². The molecule has 1 atom stereocenters. The molecule has 1 fully saturated rings. The molecular formula is C22H24N2O3. The largest absolute Gasteiger partial charge is 0.483 e. The third kappa shape index (κ3) is 3.68. The lowest BCUT2D eigenvalue weighted by molar-refractivity contribution is -0.136. The van der Waals surface area contributed by atoms with Crippen LogP contribution in [0.4, 0.5) is 0 Å². The van der Waals surface area contributed by atoms with Gasteiger partial charge in [-0.25, -0.2) is 0 Å². The van der Waals surface area contributed by atoms with Crippen molar-refractivity contribution in [3.8, 4) is 5.75 Å². The number of carbonyl (C=O) groups excluding carboxylic acids is 2. The fraction of sp³-hybridized carbons (Fsp3) is 0.364. The molecule has 5 heteroatoms. The molecule has 2 aromatic carbocycles. The van der Waals surface area contributed by atoms with Gasteiger partial charge in [-0.1, -0.05) is 42.0 Å². The molecule has 2 aliphatic heterocycles. The van der Waals surface area contributed by atoms with E-state index in [9.17, 15) is 9.59 Å². The number of ether oxygens (including phenoxy) is 1. The number of benzene rings is 2. The molecule has 2 aliphatic rings. The Kier molecular flexibility index (Phi) is 4.60.